The van der Waals surface area contributed by atoms with Crippen molar-refractivity contribution in [3.8, 4) is 24.8 Å². The second kappa shape index (κ2) is 48.5. The van der Waals surface area contributed by atoms with Crippen molar-refractivity contribution in [2.75, 3.05) is 26.2 Å². The average Bonchev–Trinajstić information content (AvgIpc) is 3.25. The maximum atomic E-state index is 7.43. The summed E-state index contributed by atoms with van der Waals surface area (Å²) >= 11 is 13.5. The number of nitriles is 4. The summed E-state index contributed by atoms with van der Waals surface area (Å²) in [4.78, 5) is 27.6. The minimum Gasteiger partial charge on any atom is -0.422 e. The fourth-order valence-electron chi connectivity index (χ4n) is 3.35. The molecule has 0 saturated heterocycles. The standard InChI is InChI=1S/2C14H16Br2N4.4C2N3.2Fe/c2*15-11-1-3-13(19-7-11)9-17-5-6-18-10-14-4-2-12(16)8-20-14;4*3-1-5-2-4;;/h2*1-4,7-8,17-18H,5-6,9-10H2;;;;;;/q;;4*-1;2*+4. The van der Waals surface area contributed by atoms with E-state index in [4.69, 9.17) is 42.7 Å². The van der Waals surface area contributed by atoms with Crippen molar-refractivity contribution >= 4 is 87.8 Å². The Morgan fingerprint density at radius 1 is 0.403 bits per heavy atom. The summed E-state index contributed by atoms with van der Waals surface area (Å²) in [5, 5.41) is 72.8. The number of hydrogen-bond donors (Lipinski definition) is 4. The molecule has 0 radical (unpaired) electrons. The Labute approximate surface area is 413 Å². The molecule has 0 amide bonds. The first-order valence-corrected chi connectivity index (χ1v) is 19.5. The Bertz CT molecular complexity index is 1820. The minimum absolute atomic E-state index is 0. The molecule has 0 aromatic carbocycles. The van der Waals surface area contributed by atoms with Gasteiger partial charge in [0.05, 0.1) is 47.5 Å². The van der Waals surface area contributed by atoms with Gasteiger partial charge in [0.1, 0.15) is 0 Å². The molecule has 0 bridgehead atoms. The van der Waals surface area contributed by atoms with Crippen LogP contribution in [0.15, 0.2) is 111 Å². The minimum atomic E-state index is 0. The molecular formula is C36H32Br4Fe2N20+4. The van der Waals surface area contributed by atoms with Gasteiger partial charge in [-0.15, -0.1) is 24.0 Å². The van der Waals surface area contributed by atoms with Crippen LogP contribution in [0.4, 0.5) is 0 Å². The van der Waals surface area contributed by atoms with Crippen molar-refractivity contribution in [1.29, 1.82) is 21.0 Å². The van der Waals surface area contributed by atoms with Crippen LogP contribution in [0.25, 0.3) is 21.6 Å². The Kier molecular flexibility index (Phi) is 49.7. The van der Waals surface area contributed by atoms with Crippen LogP contribution in [-0.2, 0) is 60.3 Å². The van der Waals surface area contributed by atoms with Crippen LogP contribution in [0.1, 0.15) is 22.8 Å². The van der Waals surface area contributed by atoms with Crippen LogP contribution in [0, 0.1) is 45.8 Å². The van der Waals surface area contributed by atoms with Gasteiger partial charge in [0.25, 0.3) is 0 Å². The van der Waals surface area contributed by atoms with Gasteiger partial charge in [-0.25, -0.2) is 0 Å². The molecule has 20 nitrogen and oxygen atoms in total. The Hall–Kier alpha value is -5.12. The normalized spacial score (nSPS) is 8.13. The fraction of sp³-hybridized carbons (Fsp3) is 0.222. The van der Waals surface area contributed by atoms with Crippen LogP contribution in [0.2, 0.25) is 0 Å². The molecule has 0 aliphatic carbocycles. The largest absolute Gasteiger partial charge is 4.00 e. The van der Waals surface area contributed by atoms with Crippen LogP contribution >= 0.6 is 63.7 Å². The van der Waals surface area contributed by atoms with E-state index >= 15 is 0 Å². The van der Waals surface area contributed by atoms with Gasteiger partial charge in [0.2, 0.25) is 0 Å². The predicted molar refractivity (Wildman–Crippen MR) is 240 cm³/mol. The molecule has 4 rings (SSSR count). The van der Waals surface area contributed by atoms with E-state index in [1.165, 1.54) is 48.8 Å². The quantitative estimate of drug-likeness (QED) is 0.0449. The average molecular weight is 1180 g/mol. The zero-order valence-electron chi connectivity index (χ0n) is 32.0. The number of nitrogens with one attached hydrogen (secondary N) is 4. The van der Waals surface area contributed by atoms with Crippen molar-refractivity contribution in [3.63, 3.8) is 0 Å². The van der Waals surface area contributed by atoms with Crippen molar-refractivity contribution in [1.82, 2.24) is 41.2 Å². The third-order valence-electron chi connectivity index (χ3n) is 5.74. The molecule has 26 heteroatoms. The van der Waals surface area contributed by atoms with Gasteiger partial charge in [0.15, 0.2) is 0 Å². The second-order valence-electron chi connectivity index (χ2n) is 9.83. The van der Waals surface area contributed by atoms with E-state index in [0.717, 1.165) is 93.0 Å². The molecule has 62 heavy (non-hydrogen) atoms. The third-order valence-corrected chi connectivity index (χ3v) is 7.61. The third kappa shape index (κ3) is 43.0. The predicted octanol–water partition coefficient (Wildman–Crippen LogP) is 6.60. The zero-order valence-corrected chi connectivity index (χ0v) is 40.5. The van der Waals surface area contributed by atoms with E-state index in [9.17, 15) is 0 Å². The first kappa shape index (κ1) is 63.5. The smallest absolute Gasteiger partial charge is 0.422 e. The molecule has 0 aliphatic heterocycles. The summed E-state index contributed by atoms with van der Waals surface area (Å²) in [5.41, 5.74) is 4.18. The van der Waals surface area contributed by atoms with Gasteiger partial charge in [-0.1, -0.05) is 0 Å². The van der Waals surface area contributed by atoms with Crippen LogP contribution in [0.5, 0.6) is 0 Å². The number of nitrogens with zero attached hydrogens (tertiary/aromatic N) is 16. The zero-order chi connectivity index (χ0) is 44.9. The Morgan fingerprint density at radius 3 is 0.710 bits per heavy atom. The van der Waals surface area contributed by atoms with Gasteiger partial charge >= 0.3 is 34.1 Å². The van der Waals surface area contributed by atoms with Crippen molar-refractivity contribution < 1.29 is 34.1 Å². The number of halogens is 4. The van der Waals surface area contributed by atoms with E-state index in [-0.39, 0.29) is 34.1 Å². The summed E-state index contributed by atoms with van der Waals surface area (Å²) in [6.45, 7) is 6.72. The molecule has 4 heterocycles. The maximum absolute atomic E-state index is 7.43. The van der Waals surface area contributed by atoms with Crippen molar-refractivity contribution in [3.05, 3.63) is 136 Å². The van der Waals surface area contributed by atoms with E-state index in [0.29, 0.717) is 0 Å². The topological polar surface area (TPSA) is 333 Å². The van der Waals surface area contributed by atoms with Gasteiger partial charge in [-0.3, -0.25) is 19.9 Å². The fourth-order valence-corrected chi connectivity index (χ4v) is 4.29. The summed E-state index contributed by atoms with van der Waals surface area (Å²) in [7, 11) is 0. The monoisotopic (exact) mass is 1170 g/mol. The molecule has 0 saturated carbocycles. The van der Waals surface area contributed by atoms with Crippen molar-refractivity contribution in [2.45, 2.75) is 26.2 Å². The van der Waals surface area contributed by atoms with Crippen LogP contribution in [-0.4, -0.2) is 70.1 Å². The molecular weight excluding hydrogens is 1140 g/mol. The van der Waals surface area contributed by atoms with E-state index < -0.39 is 0 Å². The Morgan fingerprint density at radius 2 is 0.597 bits per heavy atom. The molecule has 0 unspecified atom stereocenters. The van der Waals surface area contributed by atoms with E-state index in [1.54, 1.807) is 0 Å². The Balaban J connectivity index is -0.000000371. The molecule has 4 N–H and O–H groups in total. The first-order chi connectivity index (χ1) is 29.1. The molecule has 0 spiro atoms. The molecule has 0 aliphatic rings. The van der Waals surface area contributed by atoms with E-state index in [1.807, 2.05) is 73.3 Å². The molecule has 0 fully saturated rings. The number of rotatable bonds is 14. The number of hydrogen-bond acceptors (Lipinski definition) is 16. The number of aliphatic imine (C=N–C) groups is 4. The number of pyridine rings is 4. The summed E-state index contributed by atoms with van der Waals surface area (Å²) in [6.07, 6.45) is 12.4. The summed E-state index contributed by atoms with van der Waals surface area (Å²) < 4.78 is 4.02. The maximum Gasteiger partial charge on any atom is 4.00 e. The van der Waals surface area contributed by atoms with Crippen molar-refractivity contribution in [2.24, 2.45) is 20.0 Å². The number of aromatic nitrogens is 4. The second-order valence-corrected chi connectivity index (χ2v) is 13.5. The van der Waals surface area contributed by atoms with Gasteiger partial charge in [0, 0.05) is 95.0 Å². The van der Waals surface area contributed by atoms with Gasteiger partial charge < -0.3 is 62.9 Å². The first-order valence-electron chi connectivity index (χ1n) is 16.3. The van der Waals surface area contributed by atoms with Crippen LogP contribution in [0.3, 0.4) is 0 Å². The summed E-state index contributed by atoms with van der Waals surface area (Å²) in [5.74, 6) is 0. The van der Waals surface area contributed by atoms with E-state index in [2.05, 4.69) is 125 Å². The SMILES string of the molecule is Brc1ccc(CNCCNCc2ccc(Br)cn2)nc1.Brc1ccc(CNCCNCc2ccc(Br)cn2)nc1.N#CN=C=[N-].N#CN=C=[N-].N#CN=C=[N-].N#CN=C=[N-].[Fe+4].[Fe+4]. The van der Waals surface area contributed by atoms with Crippen LogP contribution < -0.4 is 21.3 Å². The molecule has 4 aromatic rings. The molecule has 316 valence electrons. The van der Waals surface area contributed by atoms with Gasteiger partial charge in [-0.05, 0) is 112 Å². The van der Waals surface area contributed by atoms with Gasteiger partial charge in [-0.2, -0.15) is 21.0 Å². The summed E-state index contributed by atoms with van der Waals surface area (Å²) in [6, 6.07) is 21.2. The molecule has 4 aromatic heterocycles. The molecule has 0 atom stereocenters.